The van der Waals surface area contributed by atoms with Crippen molar-refractivity contribution in [2.75, 3.05) is 19.7 Å². The quantitative estimate of drug-likeness (QED) is 0.736. The van der Waals surface area contributed by atoms with Gasteiger partial charge in [0.15, 0.2) is 0 Å². The van der Waals surface area contributed by atoms with Gasteiger partial charge >= 0.3 is 0 Å². The molecule has 0 spiro atoms. The van der Waals surface area contributed by atoms with E-state index in [0.29, 0.717) is 17.3 Å². The van der Waals surface area contributed by atoms with Gasteiger partial charge in [-0.05, 0) is 37.1 Å². The smallest absolute Gasteiger partial charge is 0.268 e. The summed E-state index contributed by atoms with van der Waals surface area (Å²) in [6.45, 7) is 0.161. The highest BCUT2D eigenvalue weighted by Crippen LogP contribution is 2.23. The zero-order valence-electron chi connectivity index (χ0n) is 13.9. The standard InChI is InChI=1S/C18H22ClN3O3/c19-13-5-6-15-12(9-13)10-16(21-15)18(25)20-11-17(24)22(7-8-23)14-3-1-2-4-14/h5-6,9-10,14,21,23H,1-4,7-8,11H2,(H,20,25). The first kappa shape index (κ1) is 17.8. The molecule has 1 fully saturated rings. The van der Waals surface area contributed by atoms with Crippen LogP contribution in [0.2, 0.25) is 5.02 Å². The number of halogens is 1. The minimum absolute atomic E-state index is 0.0705. The number of fused-ring (bicyclic) bond motifs is 1. The fourth-order valence-corrected chi connectivity index (χ4v) is 3.59. The summed E-state index contributed by atoms with van der Waals surface area (Å²) in [5.74, 6) is -0.496. The molecule has 0 radical (unpaired) electrons. The van der Waals surface area contributed by atoms with Gasteiger partial charge in [0.1, 0.15) is 5.69 Å². The van der Waals surface area contributed by atoms with E-state index < -0.39 is 0 Å². The Labute approximate surface area is 151 Å². The minimum Gasteiger partial charge on any atom is -0.395 e. The number of carbonyl (C=O) groups is 2. The molecular formula is C18H22ClN3O3. The SMILES string of the molecule is O=C(NCC(=O)N(CCO)C1CCCC1)c1cc2cc(Cl)ccc2[nH]1. The number of nitrogens with zero attached hydrogens (tertiary/aromatic N) is 1. The molecule has 2 amide bonds. The van der Waals surface area contributed by atoms with Gasteiger partial charge < -0.3 is 20.3 Å². The van der Waals surface area contributed by atoms with Crippen LogP contribution >= 0.6 is 11.6 Å². The first-order chi connectivity index (χ1) is 12.1. The molecule has 0 atom stereocenters. The highest BCUT2D eigenvalue weighted by molar-refractivity contribution is 6.31. The Bertz CT molecular complexity index is 768. The summed E-state index contributed by atoms with van der Waals surface area (Å²) >= 11 is 5.95. The largest absolute Gasteiger partial charge is 0.395 e. The highest BCUT2D eigenvalue weighted by Gasteiger charge is 2.26. The van der Waals surface area contributed by atoms with Gasteiger partial charge in [0.25, 0.3) is 5.91 Å². The number of amides is 2. The van der Waals surface area contributed by atoms with Gasteiger partial charge in [-0.25, -0.2) is 0 Å². The van der Waals surface area contributed by atoms with Gasteiger partial charge in [-0.1, -0.05) is 24.4 Å². The summed E-state index contributed by atoms with van der Waals surface area (Å²) in [7, 11) is 0. The number of aliphatic hydroxyl groups excluding tert-OH is 1. The molecule has 25 heavy (non-hydrogen) atoms. The molecule has 1 saturated carbocycles. The second-order valence-electron chi connectivity index (χ2n) is 6.35. The summed E-state index contributed by atoms with van der Waals surface area (Å²) in [5, 5.41) is 13.3. The van der Waals surface area contributed by atoms with E-state index in [1.165, 1.54) is 0 Å². The Hall–Kier alpha value is -2.05. The van der Waals surface area contributed by atoms with Crippen molar-refractivity contribution in [1.82, 2.24) is 15.2 Å². The molecular weight excluding hydrogens is 342 g/mol. The van der Waals surface area contributed by atoms with Gasteiger partial charge in [0, 0.05) is 28.5 Å². The summed E-state index contributed by atoms with van der Waals surface area (Å²) in [4.78, 5) is 29.5. The Morgan fingerprint density at radius 3 is 2.76 bits per heavy atom. The van der Waals surface area contributed by atoms with E-state index in [9.17, 15) is 14.7 Å². The van der Waals surface area contributed by atoms with Gasteiger partial charge in [-0.15, -0.1) is 0 Å². The van der Waals surface area contributed by atoms with Crippen LogP contribution < -0.4 is 5.32 Å². The molecule has 1 heterocycles. The predicted molar refractivity (Wildman–Crippen MR) is 96.7 cm³/mol. The zero-order chi connectivity index (χ0) is 17.8. The molecule has 3 rings (SSSR count). The third-order valence-corrected chi connectivity index (χ3v) is 4.89. The topological polar surface area (TPSA) is 85.4 Å². The molecule has 1 aromatic heterocycles. The molecule has 1 aliphatic rings. The molecule has 6 nitrogen and oxygen atoms in total. The fraction of sp³-hybridized carbons (Fsp3) is 0.444. The van der Waals surface area contributed by atoms with E-state index in [2.05, 4.69) is 10.3 Å². The van der Waals surface area contributed by atoms with Crippen molar-refractivity contribution in [1.29, 1.82) is 0 Å². The Balaban J connectivity index is 1.62. The number of carbonyl (C=O) groups excluding carboxylic acids is 2. The maximum Gasteiger partial charge on any atom is 0.268 e. The normalized spacial score (nSPS) is 14.8. The summed E-state index contributed by atoms with van der Waals surface area (Å²) in [6, 6.07) is 7.22. The second-order valence-corrected chi connectivity index (χ2v) is 6.78. The first-order valence-electron chi connectivity index (χ1n) is 8.55. The molecule has 0 bridgehead atoms. The number of aliphatic hydroxyl groups is 1. The van der Waals surface area contributed by atoms with Gasteiger partial charge in [0.2, 0.25) is 5.91 Å². The number of hydrogen-bond acceptors (Lipinski definition) is 3. The lowest BCUT2D eigenvalue weighted by Gasteiger charge is -2.28. The minimum atomic E-state index is -0.337. The number of nitrogens with one attached hydrogen (secondary N) is 2. The second kappa shape index (κ2) is 7.89. The number of benzene rings is 1. The van der Waals surface area contributed by atoms with Crippen molar-refractivity contribution in [2.24, 2.45) is 0 Å². The van der Waals surface area contributed by atoms with Crippen LogP contribution in [0.1, 0.15) is 36.2 Å². The van der Waals surface area contributed by atoms with Crippen molar-refractivity contribution in [3.8, 4) is 0 Å². The fourth-order valence-electron chi connectivity index (χ4n) is 3.41. The third-order valence-electron chi connectivity index (χ3n) is 4.65. The molecule has 0 unspecified atom stereocenters. The van der Waals surface area contributed by atoms with E-state index in [0.717, 1.165) is 36.6 Å². The molecule has 1 aromatic carbocycles. The van der Waals surface area contributed by atoms with Gasteiger partial charge in [0.05, 0.1) is 13.2 Å². The lowest BCUT2D eigenvalue weighted by Crippen LogP contribution is -2.46. The summed E-state index contributed by atoms with van der Waals surface area (Å²) in [6.07, 6.45) is 4.12. The van der Waals surface area contributed by atoms with Crippen LogP contribution in [0.3, 0.4) is 0 Å². The Morgan fingerprint density at radius 1 is 1.28 bits per heavy atom. The van der Waals surface area contributed by atoms with Crippen LogP contribution in [0, 0.1) is 0 Å². The van der Waals surface area contributed by atoms with Crippen molar-refractivity contribution >= 4 is 34.3 Å². The Kier molecular flexibility index (Phi) is 5.60. The van der Waals surface area contributed by atoms with Crippen LogP contribution in [0.15, 0.2) is 24.3 Å². The number of H-pyrrole nitrogens is 1. The molecule has 0 saturated heterocycles. The van der Waals surface area contributed by atoms with E-state index >= 15 is 0 Å². The molecule has 2 aromatic rings. The van der Waals surface area contributed by atoms with Crippen LogP contribution in [-0.2, 0) is 4.79 Å². The maximum atomic E-state index is 12.4. The molecule has 7 heteroatoms. The summed E-state index contributed by atoms with van der Waals surface area (Å²) < 4.78 is 0. The van der Waals surface area contributed by atoms with Crippen LogP contribution in [0.4, 0.5) is 0 Å². The lowest BCUT2D eigenvalue weighted by molar-refractivity contribution is -0.132. The van der Waals surface area contributed by atoms with Crippen LogP contribution in [0.25, 0.3) is 10.9 Å². The van der Waals surface area contributed by atoms with Gasteiger partial charge in [-0.3, -0.25) is 9.59 Å². The monoisotopic (exact) mass is 363 g/mol. The van der Waals surface area contributed by atoms with Crippen molar-refractivity contribution in [3.05, 3.63) is 35.0 Å². The Morgan fingerprint density at radius 2 is 2.04 bits per heavy atom. The van der Waals surface area contributed by atoms with E-state index in [1.54, 1.807) is 23.1 Å². The average Bonchev–Trinajstić information content (AvgIpc) is 3.26. The van der Waals surface area contributed by atoms with Crippen molar-refractivity contribution < 1.29 is 14.7 Å². The lowest BCUT2D eigenvalue weighted by atomic mass is 10.2. The van der Waals surface area contributed by atoms with E-state index in [4.69, 9.17) is 11.6 Å². The van der Waals surface area contributed by atoms with Crippen LogP contribution in [0.5, 0.6) is 0 Å². The predicted octanol–water partition coefficient (Wildman–Crippen LogP) is 2.31. The number of aromatic nitrogens is 1. The van der Waals surface area contributed by atoms with Crippen molar-refractivity contribution in [3.63, 3.8) is 0 Å². The maximum absolute atomic E-state index is 12.4. The van der Waals surface area contributed by atoms with Crippen LogP contribution in [-0.4, -0.2) is 52.5 Å². The average molecular weight is 364 g/mol. The molecule has 134 valence electrons. The summed E-state index contributed by atoms with van der Waals surface area (Å²) in [5.41, 5.74) is 1.20. The van der Waals surface area contributed by atoms with Gasteiger partial charge in [-0.2, -0.15) is 0 Å². The number of rotatable bonds is 6. The molecule has 1 aliphatic carbocycles. The van der Waals surface area contributed by atoms with E-state index in [1.807, 2.05) is 6.07 Å². The molecule has 0 aliphatic heterocycles. The number of aromatic amines is 1. The molecule has 3 N–H and O–H groups in total. The van der Waals surface area contributed by atoms with Crippen molar-refractivity contribution in [2.45, 2.75) is 31.7 Å². The highest BCUT2D eigenvalue weighted by atomic mass is 35.5. The third kappa shape index (κ3) is 4.14. The van der Waals surface area contributed by atoms with E-state index in [-0.39, 0.29) is 31.0 Å². The number of hydrogen-bond donors (Lipinski definition) is 3. The zero-order valence-corrected chi connectivity index (χ0v) is 14.7. The first-order valence-corrected chi connectivity index (χ1v) is 8.93.